The molecule has 0 fully saturated rings. The van der Waals surface area contributed by atoms with E-state index in [9.17, 15) is 0 Å². The SMILES string of the molecule is C1=CCCC1.CCCC.CCCC.CCCC.[Sn]. The first-order valence-corrected chi connectivity index (χ1v) is 7.89. The van der Waals surface area contributed by atoms with E-state index < -0.39 is 0 Å². The zero-order valence-corrected chi connectivity index (χ0v) is 16.9. The van der Waals surface area contributed by atoms with Gasteiger partial charge in [-0.15, -0.1) is 0 Å². The number of unbranched alkanes of at least 4 members (excludes halogenated alkanes) is 3. The van der Waals surface area contributed by atoms with Gasteiger partial charge < -0.3 is 0 Å². The zero-order chi connectivity index (χ0) is 13.8. The van der Waals surface area contributed by atoms with Crippen molar-refractivity contribution in [2.45, 2.75) is 99.3 Å². The predicted octanol–water partition coefficient (Wildman–Crippen LogP) is 6.76. The van der Waals surface area contributed by atoms with E-state index in [1.54, 1.807) is 0 Å². The quantitative estimate of drug-likeness (QED) is 0.385. The molecule has 0 aromatic rings. The van der Waals surface area contributed by atoms with Crippen molar-refractivity contribution in [3.8, 4) is 0 Å². The van der Waals surface area contributed by atoms with Crippen LogP contribution in [0.5, 0.6) is 0 Å². The monoisotopic (exact) mass is 362 g/mol. The number of hydrogen-bond acceptors (Lipinski definition) is 0. The van der Waals surface area contributed by atoms with Crippen LogP contribution in [0.25, 0.3) is 0 Å². The van der Waals surface area contributed by atoms with Gasteiger partial charge in [-0.05, 0) is 19.3 Å². The third-order valence-electron chi connectivity index (χ3n) is 2.41. The minimum atomic E-state index is 0. The summed E-state index contributed by atoms with van der Waals surface area (Å²) in [6.45, 7) is 13.1. The van der Waals surface area contributed by atoms with E-state index in [1.807, 2.05) is 0 Å². The molecule has 0 N–H and O–H groups in total. The Balaban J connectivity index is -0.0000000719. The maximum absolute atomic E-state index is 2.24. The van der Waals surface area contributed by atoms with Gasteiger partial charge in [-0.25, -0.2) is 0 Å². The Morgan fingerprint density at radius 3 is 0.833 bits per heavy atom. The molecule has 110 valence electrons. The fourth-order valence-corrected chi connectivity index (χ4v) is 0.589. The summed E-state index contributed by atoms with van der Waals surface area (Å²) in [6.07, 6.45) is 16.4. The molecule has 0 nitrogen and oxygen atoms in total. The van der Waals surface area contributed by atoms with Crippen LogP contribution in [-0.2, 0) is 0 Å². The second-order valence-corrected chi connectivity index (χ2v) is 4.40. The van der Waals surface area contributed by atoms with E-state index in [4.69, 9.17) is 0 Å². The molecule has 0 saturated heterocycles. The molecule has 1 aliphatic rings. The third-order valence-corrected chi connectivity index (χ3v) is 2.41. The van der Waals surface area contributed by atoms with Crippen molar-refractivity contribution in [3.05, 3.63) is 12.2 Å². The molecular formula is C17H38Sn. The topological polar surface area (TPSA) is 0 Å². The van der Waals surface area contributed by atoms with Gasteiger partial charge in [-0.3, -0.25) is 0 Å². The van der Waals surface area contributed by atoms with Crippen LogP contribution in [0.3, 0.4) is 0 Å². The second kappa shape index (κ2) is 36.0. The summed E-state index contributed by atoms with van der Waals surface area (Å²) in [5.74, 6) is 0. The fraction of sp³-hybridized carbons (Fsp3) is 0.882. The molecule has 0 aliphatic heterocycles. The summed E-state index contributed by atoms with van der Waals surface area (Å²) in [4.78, 5) is 0. The zero-order valence-electron chi connectivity index (χ0n) is 14.0. The molecule has 1 rings (SSSR count). The molecule has 1 heteroatoms. The molecular weight excluding hydrogens is 323 g/mol. The minimum absolute atomic E-state index is 0. The van der Waals surface area contributed by atoms with Gasteiger partial charge in [0.15, 0.2) is 0 Å². The van der Waals surface area contributed by atoms with Gasteiger partial charge in [0, 0.05) is 23.9 Å². The largest absolute Gasteiger partial charge is 0.0885 e. The van der Waals surface area contributed by atoms with Crippen molar-refractivity contribution in [2.24, 2.45) is 0 Å². The third kappa shape index (κ3) is 54.8. The molecule has 4 radical (unpaired) electrons. The van der Waals surface area contributed by atoms with Gasteiger partial charge in [-0.1, -0.05) is 92.2 Å². The van der Waals surface area contributed by atoms with Crippen LogP contribution in [0.4, 0.5) is 0 Å². The summed E-state index contributed by atoms with van der Waals surface area (Å²) < 4.78 is 0. The van der Waals surface area contributed by atoms with Gasteiger partial charge in [0.2, 0.25) is 0 Å². The van der Waals surface area contributed by atoms with Crippen molar-refractivity contribution in [1.29, 1.82) is 0 Å². The molecule has 18 heavy (non-hydrogen) atoms. The first-order chi connectivity index (χ1) is 8.24. The van der Waals surface area contributed by atoms with Crippen LogP contribution in [0.1, 0.15) is 99.3 Å². The summed E-state index contributed by atoms with van der Waals surface area (Å²) in [7, 11) is 0. The Morgan fingerprint density at radius 1 is 0.556 bits per heavy atom. The Hall–Kier alpha value is 0.539. The van der Waals surface area contributed by atoms with Gasteiger partial charge in [0.25, 0.3) is 0 Å². The molecule has 1 aliphatic carbocycles. The summed E-state index contributed by atoms with van der Waals surface area (Å²) >= 11 is 0. The maximum atomic E-state index is 2.24. The van der Waals surface area contributed by atoms with Crippen LogP contribution < -0.4 is 0 Å². The predicted molar refractivity (Wildman–Crippen MR) is 90.5 cm³/mol. The summed E-state index contributed by atoms with van der Waals surface area (Å²) in [5, 5.41) is 0. The minimum Gasteiger partial charge on any atom is -0.0885 e. The van der Waals surface area contributed by atoms with Crippen LogP contribution in [-0.4, -0.2) is 23.9 Å². The normalized spacial score (nSPS) is 10.8. The average molecular weight is 361 g/mol. The average Bonchev–Trinajstić information content (AvgIpc) is 2.98. The molecule has 0 saturated carbocycles. The standard InChI is InChI=1S/C5H8.3C4H10.Sn/c1-2-4-5-3-1;3*1-3-4-2;/h1-2H,3-5H2;3*3-4H2,1-2H3;. The fourth-order valence-electron chi connectivity index (χ4n) is 0.589. The van der Waals surface area contributed by atoms with Gasteiger partial charge in [0.1, 0.15) is 0 Å². The summed E-state index contributed by atoms with van der Waals surface area (Å²) in [5.41, 5.74) is 0. The maximum Gasteiger partial charge on any atom is 0 e. The van der Waals surface area contributed by atoms with Gasteiger partial charge >= 0.3 is 0 Å². The van der Waals surface area contributed by atoms with E-state index in [0.29, 0.717) is 0 Å². The smallest absolute Gasteiger partial charge is 0 e. The molecule has 0 amide bonds. The number of rotatable bonds is 3. The van der Waals surface area contributed by atoms with Crippen molar-refractivity contribution in [3.63, 3.8) is 0 Å². The van der Waals surface area contributed by atoms with E-state index in [2.05, 4.69) is 53.7 Å². The van der Waals surface area contributed by atoms with Crippen molar-refractivity contribution in [2.75, 3.05) is 0 Å². The Kier molecular flexibility index (Phi) is 54.0. The molecule has 0 aromatic heterocycles. The molecule has 0 atom stereocenters. The second-order valence-electron chi connectivity index (χ2n) is 4.40. The van der Waals surface area contributed by atoms with Gasteiger partial charge in [-0.2, -0.15) is 0 Å². The van der Waals surface area contributed by atoms with Crippen molar-refractivity contribution in [1.82, 2.24) is 0 Å². The number of hydrogen-bond donors (Lipinski definition) is 0. The van der Waals surface area contributed by atoms with E-state index >= 15 is 0 Å². The van der Waals surface area contributed by atoms with Crippen molar-refractivity contribution >= 4 is 23.9 Å². The molecule has 0 bridgehead atoms. The van der Waals surface area contributed by atoms with Crippen LogP contribution in [0, 0.1) is 0 Å². The van der Waals surface area contributed by atoms with Gasteiger partial charge in [0.05, 0.1) is 0 Å². The van der Waals surface area contributed by atoms with Crippen molar-refractivity contribution < 1.29 is 0 Å². The Morgan fingerprint density at radius 2 is 0.778 bits per heavy atom. The Bertz CT molecular complexity index is 86.7. The molecule has 0 aromatic carbocycles. The molecule has 0 unspecified atom stereocenters. The Labute approximate surface area is 135 Å². The van der Waals surface area contributed by atoms with E-state index in [-0.39, 0.29) is 23.9 Å². The van der Waals surface area contributed by atoms with Crippen LogP contribution in [0.15, 0.2) is 12.2 Å². The number of allylic oxidation sites excluding steroid dienone is 2. The first-order valence-electron chi connectivity index (χ1n) is 7.89. The molecule has 0 spiro atoms. The van der Waals surface area contributed by atoms with E-state index in [1.165, 1.54) is 57.8 Å². The summed E-state index contributed by atoms with van der Waals surface area (Å²) in [6, 6.07) is 0. The van der Waals surface area contributed by atoms with Crippen LogP contribution >= 0.6 is 0 Å². The van der Waals surface area contributed by atoms with Crippen LogP contribution in [0.2, 0.25) is 0 Å². The molecule has 0 heterocycles. The first kappa shape index (κ1) is 27.0. The van der Waals surface area contributed by atoms with E-state index in [0.717, 1.165) is 0 Å².